The van der Waals surface area contributed by atoms with Gasteiger partial charge in [-0.25, -0.2) is 4.98 Å². The number of ether oxygens (including phenoxy) is 1. The number of aldehydes is 1. The van der Waals surface area contributed by atoms with Crippen LogP contribution in [0.5, 0.6) is 5.75 Å². The maximum atomic E-state index is 10.6. The first-order valence-electron chi connectivity index (χ1n) is 4.41. The summed E-state index contributed by atoms with van der Waals surface area (Å²) in [6, 6.07) is 3.30. The number of carbonyl (C=O) groups is 2. The Kier molecular flexibility index (Phi) is 3.79. The van der Waals surface area contributed by atoms with Gasteiger partial charge in [-0.15, -0.1) is 0 Å². The molecule has 0 atom stereocenters. The highest BCUT2D eigenvalue weighted by molar-refractivity contribution is 5.76. The first-order chi connectivity index (χ1) is 7.13. The van der Waals surface area contributed by atoms with Gasteiger partial charge in [-0.05, 0) is 19.1 Å². The van der Waals surface area contributed by atoms with E-state index in [9.17, 15) is 9.59 Å². The molecule has 0 aliphatic carbocycles. The van der Waals surface area contributed by atoms with Gasteiger partial charge in [-0.1, -0.05) is 0 Å². The maximum Gasteiger partial charge on any atom is 0.306 e. The van der Waals surface area contributed by atoms with Crippen LogP contribution in [0.2, 0.25) is 0 Å². The Labute approximate surface area is 86.7 Å². The van der Waals surface area contributed by atoms with E-state index < -0.39 is 5.97 Å². The molecule has 1 N–H and O–H groups in total. The van der Waals surface area contributed by atoms with Crippen LogP contribution in [0.3, 0.4) is 0 Å². The molecule has 1 heterocycles. The molecule has 0 fully saturated rings. The summed E-state index contributed by atoms with van der Waals surface area (Å²) in [5.41, 5.74) is 0.906. The molecular formula is C10H11NO4. The molecule has 0 spiro atoms. The Balaban J connectivity index is 2.67. The maximum absolute atomic E-state index is 10.6. The van der Waals surface area contributed by atoms with Gasteiger partial charge in [-0.2, -0.15) is 0 Å². The summed E-state index contributed by atoms with van der Waals surface area (Å²) in [4.78, 5) is 24.8. The first-order valence-corrected chi connectivity index (χ1v) is 4.41. The number of hydrogen-bond acceptors (Lipinski definition) is 4. The molecule has 1 rings (SSSR count). The topological polar surface area (TPSA) is 76.5 Å². The number of rotatable bonds is 5. The van der Waals surface area contributed by atoms with Crippen molar-refractivity contribution in [2.45, 2.75) is 13.3 Å². The van der Waals surface area contributed by atoms with E-state index in [4.69, 9.17) is 9.84 Å². The van der Waals surface area contributed by atoms with E-state index in [0.29, 0.717) is 17.7 Å². The number of carboxylic acids is 1. The Morgan fingerprint density at radius 1 is 1.60 bits per heavy atom. The van der Waals surface area contributed by atoms with Crippen molar-refractivity contribution in [3.05, 3.63) is 23.5 Å². The molecule has 80 valence electrons. The van der Waals surface area contributed by atoms with Crippen molar-refractivity contribution in [3.63, 3.8) is 0 Å². The van der Waals surface area contributed by atoms with Crippen molar-refractivity contribution in [1.29, 1.82) is 0 Å². The fourth-order valence-electron chi connectivity index (χ4n) is 1.02. The summed E-state index contributed by atoms with van der Waals surface area (Å²) >= 11 is 0. The van der Waals surface area contributed by atoms with Crippen LogP contribution in [0, 0.1) is 6.92 Å². The number of aryl methyl sites for hydroxylation is 1. The summed E-state index contributed by atoms with van der Waals surface area (Å²) < 4.78 is 5.12. The van der Waals surface area contributed by atoms with E-state index in [0.717, 1.165) is 0 Å². The van der Waals surface area contributed by atoms with E-state index in [1.165, 1.54) is 0 Å². The molecule has 0 aromatic carbocycles. The minimum atomic E-state index is -0.942. The predicted octanol–water partition coefficient (Wildman–Crippen LogP) is 1.06. The monoisotopic (exact) mass is 209 g/mol. The van der Waals surface area contributed by atoms with E-state index >= 15 is 0 Å². The van der Waals surface area contributed by atoms with Crippen molar-refractivity contribution < 1.29 is 19.4 Å². The SMILES string of the molecule is Cc1ccc(OCCC(=O)O)c(C=O)n1. The highest BCUT2D eigenvalue weighted by Crippen LogP contribution is 2.14. The van der Waals surface area contributed by atoms with Crippen molar-refractivity contribution in [1.82, 2.24) is 4.98 Å². The second-order valence-electron chi connectivity index (χ2n) is 2.95. The quantitative estimate of drug-likeness (QED) is 0.733. The molecule has 0 saturated carbocycles. The van der Waals surface area contributed by atoms with Gasteiger partial charge in [0.15, 0.2) is 6.29 Å². The second-order valence-corrected chi connectivity index (χ2v) is 2.95. The number of aliphatic carboxylic acids is 1. The van der Waals surface area contributed by atoms with Crippen LogP contribution in [0.4, 0.5) is 0 Å². The number of carbonyl (C=O) groups excluding carboxylic acids is 1. The Morgan fingerprint density at radius 3 is 2.93 bits per heavy atom. The molecule has 0 bridgehead atoms. The van der Waals surface area contributed by atoms with E-state index in [1.54, 1.807) is 19.1 Å². The van der Waals surface area contributed by atoms with Gasteiger partial charge in [0.25, 0.3) is 0 Å². The van der Waals surface area contributed by atoms with E-state index in [-0.39, 0.29) is 18.7 Å². The van der Waals surface area contributed by atoms with Gasteiger partial charge >= 0.3 is 5.97 Å². The van der Waals surface area contributed by atoms with Gasteiger partial charge in [0.1, 0.15) is 11.4 Å². The lowest BCUT2D eigenvalue weighted by Crippen LogP contribution is -2.07. The predicted molar refractivity (Wildman–Crippen MR) is 52.1 cm³/mol. The third-order valence-corrected chi connectivity index (χ3v) is 1.71. The molecule has 0 aliphatic rings. The molecule has 1 aromatic heterocycles. The van der Waals surface area contributed by atoms with Crippen molar-refractivity contribution >= 4 is 12.3 Å². The number of hydrogen-bond donors (Lipinski definition) is 1. The Morgan fingerprint density at radius 2 is 2.33 bits per heavy atom. The fourth-order valence-corrected chi connectivity index (χ4v) is 1.02. The lowest BCUT2D eigenvalue weighted by molar-refractivity contribution is -0.137. The molecule has 0 aliphatic heterocycles. The van der Waals surface area contributed by atoms with Gasteiger partial charge in [-0.3, -0.25) is 9.59 Å². The highest BCUT2D eigenvalue weighted by Gasteiger charge is 2.05. The minimum absolute atomic E-state index is 0.0287. The second kappa shape index (κ2) is 5.09. The van der Waals surface area contributed by atoms with Gasteiger partial charge < -0.3 is 9.84 Å². The zero-order chi connectivity index (χ0) is 11.3. The van der Waals surface area contributed by atoms with Crippen LogP contribution in [-0.2, 0) is 4.79 Å². The zero-order valence-corrected chi connectivity index (χ0v) is 8.27. The van der Waals surface area contributed by atoms with Gasteiger partial charge in [0.05, 0.1) is 13.0 Å². The van der Waals surface area contributed by atoms with Crippen LogP contribution in [0.25, 0.3) is 0 Å². The van der Waals surface area contributed by atoms with Crippen LogP contribution >= 0.6 is 0 Å². The molecule has 5 nitrogen and oxygen atoms in total. The summed E-state index contributed by atoms with van der Waals surface area (Å²) in [6.07, 6.45) is 0.481. The van der Waals surface area contributed by atoms with Crippen LogP contribution < -0.4 is 4.74 Å². The molecule has 0 radical (unpaired) electrons. The zero-order valence-electron chi connectivity index (χ0n) is 8.27. The number of aromatic nitrogens is 1. The van der Waals surface area contributed by atoms with Crippen molar-refractivity contribution in [3.8, 4) is 5.75 Å². The normalized spacial score (nSPS) is 9.67. The smallest absolute Gasteiger partial charge is 0.306 e. The molecule has 0 amide bonds. The van der Waals surface area contributed by atoms with Gasteiger partial charge in [0, 0.05) is 5.69 Å². The largest absolute Gasteiger partial charge is 0.491 e. The average Bonchev–Trinajstić information content (AvgIpc) is 2.19. The van der Waals surface area contributed by atoms with E-state index in [2.05, 4.69) is 4.98 Å². The molecule has 1 aromatic rings. The minimum Gasteiger partial charge on any atom is -0.491 e. The molecular weight excluding hydrogens is 198 g/mol. The molecule has 15 heavy (non-hydrogen) atoms. The standard InChI is InChI=1S/C10H11NO4/c1-7-2-3-9(8(6-12)11-7)15-5-4-10(13)14/h2-3,6H,4-5H2,1H3,(H,13,14). The Bertz CT molecular complexity index is 376. The van der Waals surface area contributed by atoms with Crippen molar-refractivity contribution in [2.75, 3.05) is 6.61 Å². The highest BCUT2D eigenvalue weighted by atomic mass is 16.5. The summed E-state index contributed by atoms with van der Waals surface area (Å²) in [6.45, 7) is 1.79. The Hall–Kier alpha value is -1.91. The molecule has 5 heteroatoms. The van der Waals surface area contributed by atoms with Crippen LogP contribution in [-0.4, -0.2) is 29.0 Å². The third kappa shape index (κ3) is 3.38. The van der Waals surface area contributed by atoms with Crippen molar-refractivity contribution in [2.24, 2.45) is 0 Å². The van der Waals surface area contributed by atoms with Gasteiger partial charge in [0.2, 0.25) is 0 Å². The third-order valence-electron chi connectivity index (χ3n) is 1.71. The number of carboxylic acid groups (broad SMARTS) is 1. The lowest BCUT2D eigenvalue weighted by atomic mass is 10.3. The van der Waals surface area contributed by atoms with Crippen LogP contribution in [0.1, 0.15) is 22.6 Å². The first kappa shape index (κ1) is 11.2. The van der Waals surface area contributed by atoms with E-state index in [1.807, 2.05) is 0 Å². The number of pyridine rings is 1. The summed E-state index contributed by atoms with van der Waals surface area (Å²) in [5.74, 6) is -0.625. The summed E-state index contributed by atoms with van der Waals surface area (Å²) in [7, 11) is 0. The molecule has 0 unspecified atom stereocenters. The lowest BCUT2D eigenvalue weighted by Gasteiger charge is -2.06. The number of nitrogens with zero attached hydrogens (tertiary/aromatic N) is 1. The van der Waals surface area contributed by atoms with Crippen LogP contribution in [0.15, 0.2) is 12.1 Å². The summed E-state index contributed by atoms with van der Waals surface area (Å²) in [5, 5.41) is 8.40. The fraction of sp³-hybridized carbons (Fsp3) is 0.300. The average molecular weight is 209 g/mol. The molecule has 0 saturated heterocycles.